The Morgan fingerprint density at radius 3 is 2.93 bits per heavy atom. The summed E-state index contributed by atoms with van der Waals surface area (Å²) in [5, 5.41) is 4.14. The topological polar surface area (TPSA) is 41.5 Å². The fourth-order valence-electron chi connectivity index (χ4n) is 1.86. The molecule has 3 heteroatoms. The summed E-state index contributed by atoms with van der Waals surface area (Å²) in [7, 11) is 0. The average Bonchev–Trinajstić information content (AvgIpc) is 2.26. The Kier molecular flexibility index (Phi) is 2.81. The molecule has 0 saturated heterocycles. The van der Waals surface area contributed by atoms with Crippen LogP contribution in [0, 0.1) is 0 Å². The van der Waals surface area contributed by atoms with Crippen molar-refractivity contribution >= 4 is 11.6 Å². The van der Waals surface area contributed by atoms with E-state index >= 15 is 0 Å². The van der Waals surface area contributed by atoms with E-state index in [1.54, 1.807) is 0 Å². The molecule has 78 valence electrons. The lowest BCUT2D eigenvalue weighted by Crippen LogP contribution is -2.19. The second-order valence-electron chi connectivity index (χ2n) is 3.74. The molecule has 0 aromatic heterocycles. The normalized spacial score (nSPS) is 17.3. The van der Waals surface area contributed by atoms with E-state index in [1.165, 1.54) is 18.1 Å². The van der Waals surface area contributed by atoms with E-state index in [4.69, 9.17) is 0 Å². The first-order valence-electron chi connectivity index (χ1n) is 5.19. The third-order valence-electron chi connectivity index (χ3n) is 2.54. The smallest absolute Gasteiger partial charge is 0.236 e. The predicted octanol–water partition coefficient (Wildman–Crippen LogP) is 1.86. The van der Waals surface area contributed by atoms with Crippen molar-refractivity contribution in [3.63, 3.8) is 0 Å². The first-order valence-corrected chi connectivity index (χ1v) is 5.19. The van der Waals surface area contributed by atoms with Crippen LogP contribution in [0.15, 0.2) is 29.4 Å². The third kappa shape index (κ3) is 2.24. The van der Waals surface area contributed by atoms with Gasteiger partial charge in [0.2, 0.25) is 5.91 Å². The molecule has 1 N–H and O–H groups in total. The Bertz CT molecular complexity index is 410. The van der Waals surface area contributed by atoms with Crippen LogP contribution in [0.25, 0.3) is 0 Å². The van der Waals surface area contributed by atoms with Gasteiger partial charge in [0.15, 0.2) is 0 Å². The fourth-order valence-corrected chi connectivity index (χ4v) is 1.86. The lowest BCUT2D eigenvalue weighted by molar-refractivity contribution is -0.118. The van der Waals surface area contributed by atoms with Crippen molar-refractivity contribution in [3.8, 4) is 0 Å². The predicted molar refractivity (Wildman–Crippen MR) is 59.7 cm³/mol. The van der Waals surface area contributed by atoms with Crippen molar-refractivity contribution < 1.29 is 4.79 Å². The van der Waals surface area contributed by atoms with E-state index in [1.807, 2.05) is 12.1 Å². The molecule has 1 aliphatic carbocycles. The molecule has 1 aromatic rings. The molecule has 0 heterocycles. The summed E-state index contributed by atoms with van der Waals surface area (Å²) in [6, 6.07) is 8.24. The zero-order valence-corrected chi connectivity index (χ0v) is 8.79. The fraction of sp³-hybridized carbons (Fsp3) is 0.333. The molecule has 0 aliphatic heterocycles. The number of carbonyl (C=O) groups is 1. The minimum Gasteiger partial charge on any atom is -0.274 e. The summed E-state index contributed by atoms with van der Waals surface area (Å²) in [5.74, 6) is -0.120. The van der Waals surface area contributed by atoms with E-state index in [9.17, 15) is 4.79 Å². The quantitative estimate of drug-likeness (QED) is 0.694. The maximum Gasteiger partial charge on any atom is 0.236 e. The maximum atomic E-state index is 10.8. The van der Waals surface area contributed by atoms with Crippen molar-refractivity contribution in [1.82, 2.24) is 5.43 Å². The van der Waals surface area contributed by atoms with Crippen LogP contribution in [0.3, 0.4) is 0 Å². The molecular formula is C12H14N2O. The number of hydrogen-bond acceptors (Lipinski definition) is 2. The Morgan fingerprint density at radius 2 is 2.13 bits per heavy atom. The molecule has 3 nitrogen and oxygen atoms in total. The van der Waals surface area contributed by atoms with Crippen LogP contribution in [-0.4, -0.2) is 11.6 Å². The molecule has 0 unspecified atom stereocenters. The van der Waals surface area contributed by atoms with Crippen LogP contribution in [0.1, 0.15) is 30.9 Å². The zero-order valence-electron chi connectivity index (χ0n) is 8.79. The Labute approximate surface area is 89.2 Å². The first kappa shape index (κ1) is 9.90. The summed E-state index contributed by atoms with van der Waals surface area (Å²) in [4.78, 5) is 10.8. The number of hydrogen-bond donors (Lipinski definition) is 1. The monoisotopic (exact) mass is 202 g/mol. The molecule has 0 atom stereocenters. The zero-order chi connectivity index (χ0) is 10.7. The second-order valence-corrected chi connectivity index (χ2v) is 3.74. The summed E-state index contributed by atoms with van der Waals surface area (Å²) >= 11 is 0. The van der Waals surface area contributed by atoms with Crippen LogP contribution < -0.4 is 5.43 Å². The highest BCUT2D eigenvalue weighted by Gasteiger charge is 2.14. The van der Waals surface area contributed by atoms with Gasteiger partial charge >= 0.3 is 0 Å². The number of nitrogens with zero attached hydrogens (tertiary/aromatic N) is 1. The Hall–Kier alpha value is -1.64. The van der Waals surface area contributed by atoms with Crippen molar-refractivity contribution in [2.24, 2.45) is 5.10 Å². The molecule has 0 saturated carbocycles. The summed E-state index contributed by atoms with van der Waals surface area (Å²) in [5.41, 5.74) is 6.00. The van der Waals surface area contributed by atoms with Gasteiger partial charge in [0.05, 0.1) is 5.71 Å². The van der Waals surface area contributed by atoms with Crippen LogP contribution in [0.2, 0.25) is 0 Å². The Morgan fingerprint density at radius 1 is 1.33 bits per heavy atom. The van der Waals surface area contributed by atoms with Gasteiger partial charge in [-0.1, -0.05) is 24.3 Å². The van der Waals surface area contributed by atoms with Gasteiger partial charge in [0.1, 0.15) is 0 Å². The van der Waals surface area contributed by atoms with Crippen LogP contribution in [-0.2, 0) is 11.2 Å². The molecule has 15 heavy (non-hydrogen) atoms. The third-order valence-corrected chi connectivity index (χ3v) is 2.54. The SMILES string of the molecule is CC(=O)N/N=C1/CCCc2ccccc21. The highest BCUT2D eigenvalue weighted by atomic mass is 16.2. The summed E-state index contributed by atoms with van der Waals surface area (Å²) < 4.78 is 0. The molecule has 2 rings (SSSR count). The Balaban J connectivity index is 2.29. The molecule has 1 aromatic carbocycles. The number of nitrogens with one attached hydrogen (secondary N) is 1. The molecule has 0 radical (unpaired) electrons. The number of benzene rings is 1. The minimum atomic E-state index is -0.120. The number of carbonyl (C=O) groups excluding carboxylic acids is 1. The summed E-state index contributed by atoms with van der Waals surface area (Å²) in [6.45, 7) is 1.47. The number of hydrazone groups is 1. The van der Waals surface area contributed by atoms with Gasteiger partial charge < -0.3 is 0 Å². The molecule has 0 fully saturated rings. The van der Waals surface area contributed by atoms with Gasteiger partial charge in [0, 0.05) is 12.5 Å². The summed E-state index contributed by atoms with van der Waals surface area (Å²) in [6.07, 6.45) is 3.15. The van der Waals surface area contributed by atoms with Crippen LogP contribution in [0.4, 0.5) is 0 Å². The van der Waals surface area contributed by atoms with E-state index in [0.717, 1.165) is 25.0 Å². The lowest BCUT2D eigenvalue weighted by atomic mass is 9.90. The maximum absolute atomic E-state index is 10.8. The van der Waals surface area contributed by atoms with E-state index in [2.05, 4.69) is 22.7 Å². The lowest BCUT2D eigenvalue weighted by Gasteiger charge is -2.17. The van der Waals surface area contributed by atoms with E-state index in [0.29, 0.717) is 0 Å². The van der Waals surface area contributed by atoms with Gasteiger partial charge in [0.25, 0.3) is 0 Å². The first-order chi connectivity index (χ1) is 7.27. The van der Waals surface area contributed by atoms with Crippen molar-refractivity contribution in [3.05, 3.63) is 35.4 Å². The number of rotatable bonds is 1. The highest BCUT2D eigenvalue weighted by molar-refractivity contribution is 6.03. The van der Waals surface area contributed by atoms with Gasteiger partial charge in [-0.3, -0.25) is 4.79 Å². The van der Waals surface area contributed by atoms with Gasteiger partial charge in [-0.15, -0.1) is 0 Å². The number of fused-ring (bicyclic) bond motifs is 1. The average molecular weight is 202 g/mol. The van der Waals surface area contributed by atoms with Crippen molar-refractivity contribution in [2.75, 3.05) is 0 Å². The largest absolute Gasteiger partial charge is 0.274 e. The number of aryl methyl sites for hydroxylation is 1. The van der Waals surface area contributed by atoms with Crippen LogP contribution >= 0.6 is 0 Å². The van der Waals surface area contributed by atoms with Gasteiger partial charge in [-0.05, 0) is 24.8 Å². The van der Waals surface area contributed by atoms with Crippen LogP contribution in [0.5, 0.6) is 0 Å². The van der Waals surface area contributed by atoms with Crippen molar-refractivity contribution in [2.45, 2.75) is 26.2 Å². The van der Waals surface area contributed by atoms with Crippen molar-refractivity contribution in [1.29, 1.82) is 0 Å². The second kappa shape index (κ2) is 4.26. The standard InChI is InChI=1S/C12H14N2O/c1-9(15)13-14-12-8-4-6-10-5-2-3-7-11(10)12/h2-3,5,7H,4,6,8H2,1H3,(H,13,15)/b14-12-. The minimum absolute atomic E-state index is 0.120. The van der Waals surface area contributed by atoms with Gasteiger partial charge in [-0.25, -0.2) is 5.43 Å². The molecule has 1 amide bonds. The molecule has 0 bridgehead atoms. The molecule has 1 aliphatic rings. The van der Waals surface area contributed by atoms with E-state index in [-0.39, 0.29) is 5.91 Å². The molecule has 0 spiro atoms. The van der Waals surface area contributed by atoms with E-state index < -0.39 is 0 Å². The number of amides is 1. The highest BCUT2D eigenvalue weighted by Crippen LogP contribution is 2.20. The molecular weight excluding hydrogens is 188 g/mol. The van der Waals surface area contributed by atoms with Gasteiger partial charge in [-0.2, -0.15) is 5.10 Å².